The van der Waals surface area contributed by atoms with E-state index in [0.29, 0.717) is 22.2 Å². The number of ether oxygens (including phenoxy) is 1. The van der Waals surface area contributed by atoms with E-state index in [2.05, 4.69) is 58.7 Å². The fraction of sp³-hybridized carbons (Fsp3) is 0.304. The molecule has 4 N–H and O–H groups in total. The number of hydrogen-bond acceptors (Lipinski definition) is 8. The van der Waals surface area contributed by atoms with Gasteiger partial charge in [-0.3, -0.25) is 0 Å². The molecule has 0 amide bonds. The first-order chi connectivity index (χ1) is 16.5. The first-order valence-corrected chi connectivity index (χ1v) is 12.9. The Morgan fingerprint density at radius 3 is 2.68 bits per heavy atom. The average molecular weight is 547 g/mol. The second kappa shape index (κ2) is 11.6. The topological polar surface area (TPSA) is 117 Å². The number of thiol groups is 1. The van der Waals surface area contributed by atoms with Crippen LogP contribution in [0.25, 0.3) is 0 Å². The lowest BCUT2D eigenvalue weighted by Crippen LogP contribution is -2.26. The summed E-state index contributed by atoms with van der Waals surface area (Å²) in [6.07, 6.45) is 3.88. The number of piperidine rings is 1. The maximum absolute atomic E-state index is 10.9. The van der Waals surface area contributed by atoms with E-state index in [1.165, 1.54) is 5.56 Å². The maximum Gasteiger partial charge on any atom is 0.229 e. The smallest absolute Gasteiger partial charge is 0.229 e. The molecular weight excluding hydrogens is 520 g/mol. The summed E-state index contributed by atoms with van der Waals surface area (Å²) in [6, 6.07) is 13.6. The Morgan fingerprint density at radius 1 is 1.12 bits per heavy atom. The van der Waals surface area contributed by atoms with Crippen molar-refractivity contribution in [2.75, 3.05) is 30.8 Å². The van der Waals surface area contributed by atoms with Crippen LogP contribution in [-0.4, -0.2) is 38.6 Å². The Bertz CT molecular complexity index is 1210. The van der Waals surface area contributed by atoms with Gasteiger partial charge in [0.05, 0.1) is 17.3 Å². The van der Waals surface area contributed by atoms with Gasteiger partial charge < -0.3 is 20.7 Å². The lowest BCUT2D eigenvalue weighted by molar-refractivity contribution is 0.413. The summed E-state index contributed by atoms with van der Waals surface area (Å²) >= 11 is 3.48. The van der Waals surface area contributed by atoms with Crippen LogP contribution in [0.4, 0.5) is 23.1 Å². The van der Waals surface area contributed by atoms with Gasteiger partial charge in [-0.2, -0.15) is 4.98 Å². The van der Waals surface area contributed by atoms with E-state index in [0.717, 1.165) is 48.6 Å². The Balaban J connectivity index is 1.54. The predicted molar refractivity (Wildman–Crippen MR) is 138 cm³/mol. The number of para-hydroxylation sites is 1. The SMILES string of the molecule is COc1cc(C2CCNCC2)ccc1Nc1ncc(Br)c(Nc2ccccc2CN[SH](=O)=O)n1. The van der Waals surface area contributed by atoms with Crippen LogP contribution in [0.3, 0.4) is 0 Å². The molecule has 0 unspecified atom stereocenters. The highest BCUT2D eigenvalue weighted by molar-refractivity contribution is 9.10. The van der Waals surface area contributed by atoms with Crippen molar-refractivity contribution in [3.8, 4) is 5.75 Å². The Hall–Kier alpha value is -2.73. The zero-order chi connectivity index (χ0) is 23.9. The van der Waals surface area contributed by atoms with Gasteiger partial charge in [0.1, 0.15) is 11.6 Å². The highest BCUT2D eigenvalue weighted by Gasteiger charge is 2.17. The highest BCUT2D eigenvalue weighted by atomic mass is 79.9. The molecule has 180 valence electrons. The van der Waals surface area contributed by atoms with Crippen LogP contribution < -0.4 is 25.4 Å². The normalized spacial score (nSPS) is 14.2. The number of hydrogen-bond donors (Lipinski definition) is 5. The van der Waals surface area contributed by atoms with Crippen LogP contribution in [0.2, 0.25) is 0 Å². The summed E-state index contributed by atoms with van der Waals surface area (Å²) in [5, 5.41) is 9.91. The molecule has 3 aromatic rings. The number of benzene rings is 2. The number of aromatic nitrogens is 2. The van der Waals surface area contributed by atoms with Gasteiger partial charge >= 0.3 is 0 Å². The van der Waals surface area contributed by atoms with Crippen molar-refractivity contribution < 1.29 is 13.2 Å². The number of methoxy groups -OCH3 is 1. The monoisotopic (exact) mass is 546 g/mol. The third-order valence-corrected chi connectivity index (χ3v) is 6.69. The fourth-order valence-electron chi connectivity index (χ4n) is 3.93. The molecule has 11 heteroatoms. The average Bonchev–Trinajstić information content (AvgIpc) is 2.86. The first-order valence-electron chi connectivity index (χ1n) is 10.9. The van der Waals surface area contributed by atoms with Crippen molar-refractivity contribution in [3.05, 3.63) is 64.3 Å². The molecular formula is C23H27BrN6O3S. The molecule has 1 aromatic heterocycles. The summed E-state index contributed by atoms with van der Waals surface area (Å²) in [4.78, 5) is 8.98. The molecule has 2 heterocycles. The van der Waals surface area contributed by atoms with Crippen LogP contribution in [-0.2, 0) is 17.4 Å². The molecule has 1 fully saturated rings. The van der Waals surface area contributed by atoms with E-state index in [4.69, 9.17) is 4.74 Å². The summed E-state index contributed by atoms with van der Waals surface area (Å²) in [5.41, 5.74) is 3.57. The lowest BCUT2D eigenvalue weighted by Gasteiger charge is -2.24. The first kappa shape index (κ1) is 24.4. The molecule has 34 heavy (non-hydrogen) atoms. The van der Waals surface area contributed by atoms with E-state index in [1.807, 2.05) is 30.3 Å². The second-order valence-electron chi connectivity index (χ2n) is 7.87. The summed E-state index contributed by atoms with van der Waals surface area (Å²) in [7, 11) is -1.03. The van der Waals surface area contributed by atoms with Gasteiger partial charge in [-0.05, 0) is 77.1 Å². The number of nitrogens with one attached hydrogen (secondary N) is 4. The van der Waals surface area contributed by atoms with Crippen molar-refractivity contribution in [1.29, 1.82) is 0 Å². The largest absolute Gasteiger partial charge is 0.495 e. The molecule has 0 aliphatic carbocycles. The van der Waals surface area contributed by atoms with E-state index < -0.39 is 10.9 Å². The van der Waals surface area contributed by atoms with Gasteiger partial charge in [0.15, 0.2) is 0 Å². The zero-order valence-electron chi connectivity index (χ0n) is 18.7. The second-order valence-corrected chi connectivity index (χ2v) is 9.56. The van der Waals surface area contributed by atoms with Crippen LogP contribution in [0, 0.1) is 0 Å². The van der Waals surface area contributed by atoms with Crippen LogP contribution in [0.1, 0.15) is 29.9 Å². The number of rotatable bonds is 9. The molecule has 9 nitrogen and oxygen atoms in total. The highest BCUT2D eigenvalue weighted by Crippen LogP contribution is 2.34. The molecule has 0 atom stereocenters. The van der Waals surface area contributed by atoms with Crippen molar-refractivity contribution in [2.24, 2.45) is 0 Å². The van der Waals surface area contributed by atoms with Gasteiger partial charge in [-0.25, -0.2) is 18.1 Å². The van der Waals surface area contributed by atoms with E-state index in [-0.39, 0.29) is 6.54 Å². The predicted octanol–water partition coefficient (Wildman–Crippen LogP) is 3.82. The quantitative estimate of drug-likeness (QED) is 0.257. The minimum Gasteiger partial charge on any atom is -0.495 e. The molecule has 0 spiro atoms. The molecule has 0 saturated carbocycles. The lowest BCUT2D eigenvalue weighted by atomic mass is 9.90. The standard InChI is InChI=1S/C23H27BrN6O3S/c1-33-21-12-16(15-8-10-25-11-9-15)6-7-20(21)29-23-26-14-18(24)22(30-23)28-19-5-3-2-4-17(19)13-27-34(31)32/h2-7,12,14-15,25,34H,8-11,13H2,1H3,(H,27,31,32)(H2,26,28,29,30). The van der Waals surface area contributed by atoms with Gasteiger partial charge in [-0.1, -0.05) is 24.3 Å². The molecule has 4 rings (SSSR count). The van der Waals surface area contributed by atoms with Crippen LogP contribution in [0.5, 0.6) is 5.75 Å². The van der Waals surface area contributed by atoms with Crippen LogP contribution >= 0.6 is 15.9 Å². The third-order valence-electron chi connectivity index (χ3n) is 5.70. The fourth-order valence-corrected chi connectivity index (χ4v) is 4.52. The van der Waals surface area contributed by atoms with Crippen molar-refractivity contribution in [3.63, 3.8) is 0 Å². The molecule has 0 bridgehead atoms. The Kier molecular flexibility index (Phi) is 8.33. The molecule has 0 radical (unpaired) electrons. The van der Waals surface area contributed by atoms with Crippen LogP contribution in [0.15, 0.2) is 53.1 Å². The van der Waals surface area contributed by atoms with Crippen molar-refractivity contribution >= 4 is 50.0 Å². The van der Waals surface area contributed by atoms with E-state index >= 15 is 0 Å². The Morgan fingerprint density at radius 2 is 1.91 bits per heavy atom. The minimum atomic E-state index is -2.69. The van der Waals surface area contributed by atoms with Gasteiger partial charge in [0.25, 0.3) is 0 Å². The summed E-state index contributed by atoms with van der Waals surface area (Å²) in [5.74, 6) is 2.21. The number of nitrogens with zero attached hydrogens (tertiary/aromatic N) is 2. The van der Waals surface area contributed by atoms with Gasteiger partial charge in [0.2, 0.25) is 16.8 Å². The number of anilines is 4. The summed E-state index contributed by atoms with van der Waals surface area (Å²) in [6.45, 7) is 2.24. The third kappa shape index (κ3) is 6.23. The van der Waals surface area contributed by atoms with E-state index in [9.17, 15) is 8.42 Å². The Labute approximate surface area is 209 Å². The summed E-state index contributed by atoms with van der Waals surface area (Å²) < 4.78 is 30.6. The minimum absolute atomic E-state index is 0.177. The zero-order valence-corrected chi connectivity index (χ0v) is 21.2. The van der Waals surface area contributed by atoms with Crippen molar-refractivity contribution in [2.45, 2.75) is 25.3 Å². The molecule has 2 aromatic carbocycles. The molecule has 1 aliphatic rings. The van der Waals surface area contributed by atoms with E-state index in [1.54, 1.807) is 13.3 Å². The molecule has 1 aliphatic heterocycles. The number of halogens is 1. The van der Waals surface area contributed by atoms with Gasteiger partial charge in [0, 0.05) is 18.4 Å². The van der Waals surface area contributed by atoms with Crippen molar-refractivity contribution in [1.82, 2.24) is 20.0 Å². The maximum atomic E-state index is 10.9. The van der Waals surface area contributed by atoms with Gasteiger partial charge in [-0.15, -0.1) is 0 Å². The molecule has 1 saturated heterocycles.